The van der Waals surface area contributed by atoms with Crippen molar-refractivity contribution in [2.24, 2.45) is 5.73 Å². The zero-order valence-corrected chi connectivity index (χ0v) is 11.0. The molecule has 3 nitrogen and oxygen atoms in total. The third-order valence-corrected chi connectivity index (χ3v) is 4.34. The van der Waals surface area contributed by atoms with E-state index in [4.69, 9.17) is 5.73 Å². The van der Waals surface area contributed by atoms with Crippen molar-refractivity contribution in [3.8, 4) is 0 Å². The quantitative estimate of drug-likeness (QED) is 0.890. The molecule has 1 aromatic carbocycles. The number of nitrogens with one attached hydrogen (secondary N) is 1. The summed E-state index contributed by atoms with van der Waals surface area (Å²) in [5.41, 5.74) is 8.51. The Bertz CT molecular complexity index is 521. The zero-order valence-electron chi connectivity index (χ0n) is 10.2. The third-order valence-electron chi connectivity index (χ3n) is 3.26. The first-order chi connectivity index (χ1) is 8.81. The molecule has 1 aliphatic rings. The van der Waals surface area contributed by atoms with Gasteiger partial charge in [-0.25, -0.2) is 4.98 Å². The maximum absolute atomic E-state index is 5.98. The van der Waals surface area contributed by atoms with Gasteiger partial charge < -0.3 is 11.1 Å². The third kappa shape index (κ3) is 2.54. The van der Waals surface area contributed by atoms with Gasteiger partial charge in [-0.05, 0) is 24.8 Å². The van der Waals surface area contributed by atoms with Crippen LogP contribution >= 0.6 is 11.3 Å². The van der Waals surface area contributed by atoms with Gasteiger partial charge in [-0.3, -0.25) is 0 Å². The summed E-state index contributed by atoms with van der Waals surface area (Å²) in [4.78, 5) is 6.02. The van der Waals surface area contributed by atoms with Crippen molar-refractivity contribution < 1.29 is 0 Å². The van der Waals surface area contributed by atoms with Gasteiger partial charge in [-0.1, -0.05) is 30.3 Å². The van der Waals surface area contributed by atoms with Crippen LogP contribution in [0.1, 0.15) is 22.6 Å². The molecule has 18 heavy (non-hydrogen) atoms. The molecule has 0 aliphatic heterocycles. The molecule has 1 aliphatic carbocycles. The van der Waals surface area contributed by atoms with E-state index in [1.54, 1.807) is 11.3 Å². The molecule has 0 spiro atoms. The van der Waals surface area contributed by atoms with Crippen molar-refractivity contribution in [2.45, 2.75) is 31.8 Å². The van der Waals surface area contributed by atoms with Crippen LogP contribution in [0, 0.1) is 0 Å². The molecule has 0 saturated carbocycles. The number of nitrogens with zero attached hydrogens (tertiary/aromatic N) is 1. The van der Waals surface area contributed by atoms with Crippen LogP contribution in [-0.2, 0) is 19.4 Å². The molecule has 4 heteroatoms. The second-order valence-corrected chi connectivity index (χ2v) is 5.81. The Kier molecular flexibility index (Phi) is 3.30. The maximum Gasteiger partial charge on any atom is 0.183 e. The van der Waals surface area contributed by atoms with Crippen LogP contribution in [0.4, 0.5) is 5.13 Å². The first-order valence-corrected chi connectivity index (χ1v) is 7.15. The number of fused-ring (bicyclic) bond motifs is 1. The van der Waals surface area contributed by atoms with Crippen LogP contribution in [0.3, 0.4) is 0 Å². The minimum atomic E-state index is 0.319. The van der Waals surface area contributed by atoms with Crippen LogP contribution in [-0.4, -0.2) is 11.0 Å². The van der Waals surface area contributed by atoms with E-state index in [9.17, 15) is 0 Å². The van der Waals surface area contributed by atoms with Gasteiger partial charge in [0.15, 0.2) is 5.13 Å². The Labute approximate surface area is 111 Å². The summed E-state index contributed by atoms with van der Waals surface area (Å²) < 4.78 is 0. The van der Waals surface area contributed by atoms with E-state index in [1.165, 1.54) is 16.1 Å². The largest absolute Gasteiger partial charge is 0.357 e. The Morgan fingerprint density at radius 2 is 2.17 bits per heavy atom. The molecule has 2 aromatic rings. The molecule has 1 unspecified atom stereocenters. The predicted octanol–water partition coefficient (Wildman–Crippen LogP) is 2.57. The van der Waals surface area contributed by atoms with Gasteiger partial charge in [0.05, 0.1) is 5.69 Å². The van der Waals surface area contributed by atoms with Crippen LogP contribution in [0.15, 0.2) is 30.3 Å². The highest BCUT2D eigenvalue weighted by molar-refractivity contribution is 7.15. The number of anilines is 1. The number of aromatic nitrogens is 1. The Hall–Kier alpha value is -1.39. The summed E-state index contributed by atoms with van der Waals surface area (Å²) in [7, 11) is 0. The second kappa shape index (κ2) is 5.08. The fourth-order valence-electron chi connectivity index (χ4n) is 2.25. The highest BCUT2D eigenvalue weighted by Crippen LogP contribution is 2.29. The average Bonchev–Trinajstić information content (AvgIpc) is 2.79. The van der Waals surface area contributed by atoms with Gasteiger partial charge >= 0.3 is 0 Å². The maximum atomic E-state index is 5.98. The predicted molar refractivity (Wildman–Crippen MR) is 75.9 cm³/mol. The minimum absolute atomic E-state index is 0.319. The van der Waals surface area contributed by atoms with Crippen LogP contribution in [0.25, 0.3) is 0 Å². The number of benzene rings is 1. The molecule has 94 valence electrons. The van der Waals surface area contributed by atoms with Gasteiger partial charge in [-0.2, -0.15) is 0 Å². The minimum Gasteiger partial charge on any atom is -0.357 e. The van der Waals surface area contributed by atoms with Crippen LogP contribution in [0.5, 0.6) is 0 Å². The number of hydrogen-bond donors (Lipinski definition) is 2. The van der Waals surface area contributed by atoms with Gasteiger partial charge in [0.1, 0.15) is 0 Å². The van der Waals surface area contributed by atoms with Crippen LogP contribution < -0.4 is 11.1 Å². The molecular weight excluding hydrogens is 242 g/mol. The van der Waals surface area contributed by atoms with Crippen molar-refractivity contribution in [1.29, 1.82) is 0 Å². The monoisotopic (exact) mass is 259 g/mol. The number of nitrogens with two attached hydrogens (primary N) is 1. The van der Waals surface area contributed by atoms with Crippen molar-refractivity contribution in [1.82, 2.24) is 4.98 Å². The average molecular weight is 259 g/mol. The first kappa shape index (κ1) is 11.7. The smallest absolute Gasteiger partial charge is 0.183 e. The van der Waals surface area contributed by atoms with E-state index in [0.29, 0.717) is 6.04 Å². The number of thiazole rings is 1. The first-order valence-electron chi connectivity index (χ1n) is 6.33. The molecule has 0 bridgehead atoms. The Morgan fingerprint density at radius 3 is 3.00 bits per heavy atom. The van der Waals surface area contributed by atoms with Crippen molar-refractivity contribution >= 4 is 16.5 Å². The lowest BCUT2D eigenvalue weighted by atomic mass is 9.99. The molecular formula is C14H17N3S. The summed E-state index contributed by atoms with van der Waals surface area (Å²) >= 11 is 1.76. The SMILES string of the molecule is NC1CCc2nc(NCc3ccccc3)sc2C1. The van der Waals surface area contributed by atoms with E-state index in [2.05, 4.69) is 34.6 Å². The van der Waals surface area contributed by atoms with E-state index < -0.39 is 0 Å². The highest BCUT2D eigenvalue weighted by atomic mass is 32.1. The lowest BCUT2D eigenvalue weighted by Gasteiger charge is -2.15. The summed E-state index contributed by atoms with van der Waals surface area (Å²) in [5, 5.41) is 4.43. The fourth-order valence-corrected chi connectivity index (χ4v) is 3.35. The zero-order chi connectivity index (χ0) is 12.4. The van der Waals surface area contributed by atoms with Gasteiger partial charge in [0.2, 0.25) is 0 Å². The number of hydrogen-bond acceptors (Lipinski definition) is 4. The van der Waals surface area contributed by atoms with Crippen molar-refractivity contribution in [2.75, 3.05) is 5.32 Å². The highest BCUT2D eigenvalue weighted by Gasteiger charge is 2.19. The topological polar surface area (TPSA) is 50.9 Å². The molecule has 0 fully saturated rings. The van der Waals surface area contributed by atoms with Gasteiger partial charge in [0.25, 0.3) is 0 Å². The molecule has 1 aromatic heterocycles. The van der Waals surface area contributed by atoms with Gasteiger partial charge in [-0.15, -0.1) is 11.3 Å². The van der Waals surface area contributed by atoms with E-state index in [0.717, 1.165) is 30.9 Å². The standard InChI is InChI=1S/C14H17N3S/c15-11-6-7-12-13(8-11)18-14(17-12)16-9-10-4-2-1-3-5-10/h1-5,11H,6-9,15H2,(H,16,17). The number of aryl methyl sites for hydroxylation is 1. The Morgan fingerprint density at radius 1 is 1.33 bits per heavy atom. The Balaban J connectivity index is 1.67. The molecule has 0 amide bonds. The summed E-state index contributed by atoms with van der Waals surface area (Å²) in [6.45, 7) is 0.833. The molecule has 1 heterocycles. The molecule has 0 saturated heterocycles. The summed E-state index contributed by atoms with van der Waals surface area (Å²) in [6, 6.07) is 10.7. The normalized spacial score (nSPS) is 18.4. The molecule has 3 rings (SSSR count). The summed E-state index contributed by atoms with van der Waals surface area (Å²) in [6.07, 6.45) is 3.08. The van der Waals surface area contributed by atoms with E-state index in [-0.39, 0.29) is 0 Å². The van der Waals surface area contributed by atoms with E-state index >= 15 is 0 Å². The van der Waals surface area contributed by atoms with Gasteiger partial charge in [0, 0.05) is 17.5 Å². The molecule has 3 N–H and O–H groups in total. The van der Waals surface area contributed by atoms with Crippen LogP contribution in [0.2, 0.25) is 0 Å². The fraction of sp³-hybridized carbons (Fsp3) is 0.357. The van der Waals surface area contributed by atoms with E-state index in [1.807, 2.05) is 6.07 Å². The molecule has 1 atom stereocenters. The summed E-state index contributed by atoms with van der Waals surface area (Å²) in [5.74, 6) is 0. The lowest BCUT2D eigenvalue weighted by molar-refractivity contribution is 0.576. The second-order valence-electron chi connectivity index (χ2n) is 4.73. The van der Waals surface area contributed by atoms with Crippen molar-refractivity contribution in [3.05, 3.63) is 46.5 Å². The number of rotatable bonds is 3. The lowest BCUT2D eigenvalue weighted by Crippen LogP contribution is -2.26. The molecule has 0 radical (unpaired) electrons. The van der Waals surface area contributed by atoms with Crippen molar-refractivity contribution in [3.63, 3.8) is 0 Å².